The molecule has 7 heteroatoms. The van der Waals surface area contributed by atoms with Crippen molar-refractivity contribution in [2.45, 2.75) is 38.0 Å². The van der Waals surface area contributed by atoms with Crippen molar-refractivity contribution in [3.8, 4) is 0 Å². The molecular formula is C30H31N3O4. The van der Waals surface area contributed by atoms with Crippen molar-refractivity contribution in [3.63, 3.8) is 0 Å². The van der Waals surface area contributed by atoms with Gasteiger partial charge in [0.2, 0.25) is 5.91 Å². The van der Waals surface area contributed by atoms with Crippen LogP contribution in [0.25, 0.3) is 21.7 Å². The number of nitrogens with zero attached hydrogens (tertiary/aromatic N) is 2. The Hall–Kier alpha value is -3.68. The maximum absolute atomic E-state index is 13.2. The zero-order chi connectivity index (χ0) is 25.4. The number of carbonyl (C=O) groups is 2. The number of methoxy groups -OCH3 is 1. The summed E-state index contributed by atoms with van der Waals surface area (Å²) in [7, 11) is 1.39. The van der Waals surface area contributed by atoms with Gasteiger partial charge in [0.1, 0.15) is 6.61 Å². The lowest BCUT2D eigenvalue weighted by molar-refractivity contribution is -0.229. The molecule has 0 saturated carbocycles. The molecule has 2 fully saturated rings. The Balaban J connectivity index is 1.19. The summed E-state index contributed by atoms with van der Waals surface area (Å²) in [6.07, 6.45) is 1.42. The van der Waals surface area contributed by atoms with Gasteiger partial charge in [-0.25, -0.2) is 5.06 Å². The molecule has 3 heterocycles. The quantitative estimate of drug-likeness (QED) is 0.387. The largest absolute Gasteiger partial charge is 0.469 e. The second kappa shape index (κ2) is 9.65. The van der Waals surface area contributed by atoms with Crippen molar-refractivity contribution in [1.29, 1.82) is 0 Å². The summed E-state index contributed by atoms with van der Waals surface area (Å²) in [5, 5.41) is 5.01. The van der Waals surface area contributed by atoms with E-state index in [1.807, 2.05) is 30.3 Å². The molecular weight excluding hydrogens is 466 g/mol. The number of para-hydroxylation sites is 1. The summed E-state index contributed by atoms with van der Waals surface area (Å²) < 4.78 is 5.13. The predicted octanol–water partition coefficient (Wildman–Crippen LogP) is 4.81. The van der Waals surface area contributed by atoms with Crippen molar-refractivity contribution in [2.24, 2.45) is 5.92 Å². The second-order valence-corrected chi connectivity index (χ2v) is 10.2. The molecule has 7 nitrogen and oxygen atoms in total. The van der Waals surface area contributed by atoms with Gasteiger partial charge in [0.25, 0.3) is 0 Å². The number of aromatic amines is 1. The van der Waals surface area contributed by atoms with Crippen LogP contribution in [0.2, 0.25) is 0 Å². The number of benzene rings is 3. The molecule has 2 aliphatic heterocycles. The number of hydrogen-bond acceptors (Lipinski definition) is 5. The highest BCUT2D eigenvalue weighted by molar-refractivity contribution is 5.88. The highest BCUT2D eigenvalue weighted by Gasteiger charge is 2.58. The van der Waals surface area contributed by atoms with E-state index in [1.165, 1.54) is 17.6 Å². The molecule has 190 valence electrons. The third-order valence-electron chi connectivity index (χ3n) is 8.02. The van der Waals surface area contributed by atoms with Gasteiger partial charge in [-0.3, -0.25) is 19.3 Å². The number of likely N-dealkylation sites (tertiary alicyclic amines) is 1. The summed E-state index contributed by atoms with van der Waals surface area (Å²) in [6, 6.07) is 24.8. The Labute approximate surface area is 215 Å². The standard InChI is InChI=1S/C30H31N3O4/c1-36-29(35)26-18-28(34)33(37-20-21-10-11-22-6-2-3-7-23(22)16-21)30(26)12-14-32(15-13-30)19-25-17-24-8-4-5-9-27(24)31-25/h2-11,16-17,26,31H,12-15,18-20H2,1H3/t26-/m1/s1. The first-order chi connectivity index (χ1) is 18.1. The number of amides is 1. The zero-order valence-corrected chi connectivity index (χ0v) is 21.0. The highest BCUT2D eigenvalue weighted by atomic mass is 16.7. The van der Waals surface area contributed by atoms with Crippen LogP contribution < -0.4 is 0 Å². The summed E-state index contributed by atoms with van der Waals surface area (Å²) in [6.45, 7) is 2.57. The summed E-state index contributed by atoms with van der Waals surface area (Å²) >= 11 is 0. The van der Waals surface area contributed by atoms with Crippen LogP contribution in [-0.2, 0) is 32.3 Å². The number of ether oxygens (including phenoxy) is 1. The number of fused-ring (bicyclic) bond motifs is 2. The van der Waals surface area contributed by atoms with Gasteiger partial charge in [-0.15, -0.1) is 0 Å². The van der Waals surface area contributed by atoms with Crippen LogP contribution in [0.1, 0.15) is 30.5 Å². The molecule has 1 aromatic heterocycles. The van der Waals surface area contributed by atoms with E-state index in [4.69, 9.17) is 9.57 Å². The highest BCUT2D eigenvalue weighted by Crippen LogP contribution is 2.45. The maximum atomic E-state index is 13.2. The fraction of sp³-hybridized carbons (Fsp3) is 0.333. The second-order valence-electron chi connectivity index (χ2n) is 10.2. The number of rotatable bonds is 6. The third kappa shape index (κ3) is 4.38. The molecule has 37 heavy (non-hydrogen) atoms. The molecule has 0 radical (unpaired) electrons. The van der Waals surface area contributed by atoms with Crippen LogP contribution in [0.4, 0.5) is 0 Å². The Morgan fingerprint density at radius 3 is 2.46 bits per heavy atom. The minimum absolute atomic E-state index is 0.117. The van der Waals surface area contributed by atoms with E-state index in [9.17, 15) is 9.59 Å². The van der Waals surface area contributed by atoms with Gasteiger partial charge < -0.3 is 9.72 Å². The Bertz CT molecular complexity index is 1420. The van der Waals surface area contributed by atoms with Gasteiger partial charge in [0, 0.05) is 37.3 Å². The van der Waals surface area contributed by atoms with Crippen LogP contribution in [-0.4, -0.2) is 52.6 Å². The number of H-pyrrole nitrogens is 1. The minimum atomic E-state index is -0.696. The summed E-state index contributed by atoms with van der Waals surface area (Å²) in [4.78, 5) is 38.0. The van der Waals surface area contributed by atoms with Crippen LogP contribution in [0, 0.1) is 5.92 Å². The number of piperidine rings is 1. The predicted molar refractivity (Wildman–Crippen MR) is 141 cm³/mol. The Morgan fingerprint density at radius 2 is 1.70 bits per heavy atom. The van der Waals surface area contributed by atoms with Gasteiger partial charge in [-0.05, 0) is 52.8 Å². The first-order valence-electron chi connectivity index (χ1n) is 12.9. The first kappa shape index (κ1) is 23.7. The molecule has 2 saturated heterocycles. The summed E-state index contributed by atoms with van der Waals surface area (Å²) in [5.74, 6) is -1.02. The minimum Gasteiger partial charge on any atom is -0.469 e. The maximum Gasteiger partial charge on any atom is 0.311 e. The van der Waals surface area contributed by atoms with Gasteiger partial charge in [0.05, 0.1) is 18.6 Å². The topological polar surface area (TPSA) is 74.9 Å². The van der Waals surface area contributed by atoms with Crippen molar-refractivity contribution in [2.75, 3.05) is 20.2 Å². The van der Waals surface area contributed by atoms with Crippen LogP contribution >= 0.6 is 0 Å². The Morgan fingerprint density at radius 1 is 0.973 bits per heavy atom. The lowest BCUT2D eigenvalue weighted by Crippen LogP contribution is -2.57. The van der Waals surface area contributed by atoms with Gasteiger partial charge >= 0.3 is 5.97 Å². The fourth-order valence-corrected chi connectivity index (χ4v) is 6.06. The number of hydroxylamine groups is 2. The Kier molecular flexibility index (Phi) is 6.18. The van der Waals surface area contributed by atoms with Crippen LogP contribution in [0.15, 0.2) is 72.8 Å². The van der Waals surface area contributed by atoms with E-state index in [0.29, 0.717) is 12.8 Å². The van der Waals surface area contributed by atoms with Gasteiger partial charge in [0.15, 0.2) is 0 Å². The molecule has 2 aliphatic rings. The number of hydrogen-bond donors (Lipinski definition) is 1. The molecule has 4 aromatic rings. The molecule has 0 bridgehead atoms. The van der Waals surface area contributed by atoms with E-state index in [0.717, 1.165) is 47.2 Å². The van der Waals surface area contributed by atoms with Crippen LogP contribution in [0.3, 0.4) is 0 Å². The van der Waals surface area contributed by atoms with Crippen molar-refractivity contribution in [3.05, 3.63) is 84.1 Å². The molecule has 0 aliphatic carbocycles. The van der Waals surface area contributed by atoms with Crippen molar-refractivity contribution in [1.82, 2.24) is 14.9 Å². The molecule has 1 atom stereocenters. The first-order valence-corrected chi connectivity index (χ1v) is 12.9. The average Bonchev–Trinajstić information content (AvgIpc) is 3.46. The fourth-order valence-electron chi connectivity index (χ4n) is 6.06. The molecule has 0 unspecified atom stereocenters. The van der Waals surface area contributed by atoms with E-state index in [-0.39, 0.29) is 24.9 Å². The number of esters is 1. The lowest BCUT2D eigenvalue weighted by atomic mass is 9.77. The van der Waals surface area contributed by atoms with Crippen molar-refractivity contribution < 1.29 is 19.2 Å². The number of carbonyl (C=O) groups excluding carboxylic acids is 2. The van der Waals surface area contributed by atoms with E-state index < -0.39 is 11.5 Å². The zero-order valence-electron chi connectivity index (χ0n) is 21.0. The number of aromatic nitrogens is 1. The summed E-state index contributed by atoms with van der Waals surface area (Å²) in [5.41, 5.74) is 2.58. The molecule has 1 amide bonds. The smallest absolute Gasteiger partial charge is 0.311 e. The lowest BCUT2D eigenvalue weighted by Gasteiger charge is -2.45. The number of nitrogens with one attached hydrogen (secondary N) is 1. The van der Waals surface area contributed by atoms with E-state index >= 15 is 0 Å². The molecule has 1 N–H and O–H groups in total. The molecule has 3 aromatic carbocycles. The average molecular weight is 498 g/mol. The van der Waals surface area contributed by atoms with Gasteiger partial charge in [-0.2, -0.15) is 0 Å². The van der Waals surface area contributed by atoms with Crippen molar-refractivity contribution >= 4 is 33.6 Å². The monoisotopic (exact) mass is 497 g/mol. The molecule has 6 rings (SSSR count). The van der Waals surface area contributed by atoms with Gasteiger partial charge in [-0.1, -0.05) is 54.6 Å². The third-order valence-corrected chi connectivity index (χ3v) is 8.02. The molecule has 1 spiro atoms. The SMILES string of the molecule is COC(=O)[C@H]1CC(=O)N(OCc2ccc3ccccc3c2)C12CCN(Cc1cc3ccccc3[nH]1)CC2. The van der Waals surface area contributed by atoms with E-state index in [1.54, 1.807) is 0 Å². The normalized spacial score (nSPS) is 19.8. The van der Waals surface area contributed by atoms with E-state index in [2.05, 4.69) is 52.3 Å². The van der Waals surface area contributed by atoms with Crippen LogP contribution in [0.5, 0.6) is 0 Å².